The highest BCUT2D eigenvalue weighted by Crippen LogP contribution is 2.34. The molecule has 1 aromatic rings. The molecule has 1 aromatic carbocycles. The summed E-state index contributed by atoms with van der Waals surface area (Å²) in [6.07, 6.45) is 2.13. The number of carboxylic acids is 1. The van der Waals surface area contributed by atoms with E-state index in [1.807, 2.05) is 6.92 Å². The van der Waals surface area contributed by atoms with Crippen LogP contribution in [0.3, 0.4) is 0 Å². The summed E-state index contributed by atoms with van der Waals surface area (Å²) < 4.78 is 26.2. The van der Waals surface area contributed by atoms with E-state index in [-0.39, 0.29) is 12.5 Å². The zero-order chi connectivity index (χ0) is 14.0. The van der Waals surface area contributed by atoms with E-state index >= 15 is 0 Å². The lowest BCUT2D eigenvalue weighted by Crippen LogP contribution is -2.31. The average molecular weight is 269 g/mol. The van der Waals surface area contributed by atoms with Crippen LogP contribution in [0.5, 0.6) is 0 Å². The van der Waals surface area contributed by atoms with Crippen molar-refractivity contribution >= 4 is 5.97 Å². The summed E-state index contributed by atoms with van der Waals surface area (Å²) in [7, 11) is 0. The van der Waals surface area contributed by atoms with Crippen LogP contribution in [0.1, 0.15) is 37.8 Å². The summed E-state index contributed by atoms with van der Waals surface area (Å²) in [6.45, 7) is 2.33. The number of aliphatic carboxylic acids is 1. The molecule has 0 saturated heterocycles. The molecule has 0 heterocycles. The second-order valence-electron chi connectivity index (χ2n) is 4.96. The number of benzene rings is 1. The molecule has 3 nitrogen and oxygen atoms in total. The first kappa shape index (κ1) is 13.9. The van der Waals surface area contributed by atoms with Crippen LogP contribution in [-0.4, -0.2) is 28.6 Å². The number of halogens is 2. The van der Waals surface area contributed by atoms with E-state index in [9.17, 15) is 13.6 Å². The largest absolute Gasteiger partial charge is 0.481 e. The normalized spacial score (nSPS) is 16.6. The minimum Gasteiger partial charge on any atom is -0.481 e. The topological polar surface area (TPSA) is 40.5 Å². The number of hydrogen-bond donors (Lipinski definition) is 1. The van der Waals surface area contributed by atoms with Gasteiger partial charge in [0.15, 0.2) is 11.6 Å². The van der Waals surface area contributed by atoms with E-state index in [0.717, 1.165) is 18.9 Å². The summed E-state index contributed by atoms with van der Waals surface area (Å²) >= 11 is 0. The Labute approximate surface area is 110 Å². The lowest BCUT2D eigenvalue weighted by molar-refractivity contribution is -0.137. The Hall–Kier alpha value is -1.49. The molecule has 0 aliphatic heterocycles. The summed E-state index contributed by atoms with van der Waals surface area (Å²) in [5, 5.41) is 8.76. The van der Waals surface area contributed by atoms with E-state index in [0.29, 0.717) is 18.2 Å². The summed E-state index contributed by atoms with van der Waals surface area (Å²) in [4.78, 5) is 12.7. The van der Waals surface area contributed by atoms with Gasteiger partial charge in [-0.1, -0.05) is 6.07 Å². The van der Waals surface area contributed by atoms with Crippen LogP contribution in [-0.2, 0) is 4.79 Å². The smallest absolute Gasteiger partial charge is 0.304 e. The summed E-state index contributed by atoms with van der Waals surface area (Å²) in [5.74, 6) is -2.57. The Kier molecular flexibility index (Phi) is 4.14. The van der Waals surface area contributed by atoms with E-state index in [4.69, 9.17) is 5.11 Å². The van der Waals surface area contributed by atoms with Crippen molar-refractivity contribution in [2.45, 2.75) is 38.3 Å². The highest BCUT2D eigenvalue weighted by Gasteiger charge is 2.33. The van der Waals surface area contributed by atoms with Crippen LogP contribution in [0.15, 0.2) is 18.2 Å². The van der Waals surface area contributed by atoms with Crippen molar-refractivity contribution in [1.82, 2.24) is 4.90 Å². The fraction of sp³-hybridized carbons (Fsp3) is 0.500. The van der Waals surface area contributed by atoms with Crippen molar-refractivity contribution in [3.05, 3.63) is 35.4 Å². The van der Waals surface area contributed by atoms with E-state index in [1.54, 1.807) is 6.07 Å². The molecule has 1 N–H and O–H groups in total. The van der Waals surface area contributed by atoms with Crippen LogP contribution in [0.25, 0.3) is 0 Å². The van der Waals surface area contributed by atoms with Gasteiger partial charge in [0.25, 0.3) is 0 Å². The summed E-state index contributed by atoms with van der Waals surface area (Å²) in [6, 6.07) is 4.11. The molecule has 1 fully saturated rings. The number of carboxylic acid groups (broad SMARTS) is 1. The van der Waals surface area contributed by atoms with Gasteiger partial charge in [0.05, 0.1) is 6.42 Å². The molecular formula is C14H17F2NO2. The summed E-state index contributed by atoms with van der Waals surface area (Å²) in [5.41, 5.74) is 0.677. The van der Waals surface area contributed by atoms with Crippen LogP contribution in [0.2, 0.25) is 0 Å². The maximum atomic E-state index is 13.2. The van der Waals surface area contributed by atoms with Crippen LogP contribution >= 0.6 is 0 Å². The van der Waals surface area contributed by atoms with Crippen molar-refractivity contribution in [1.29, 1.82) is 0 Å². The third kappa shape index (κ3) is 3.50. The zero-order valence-electron chi connectivity index (χ0n) is 10.8. The van der Waals surface area contributed by atoms with E-state index in [2.05, 4.69) is 4.90 Å². The molecule has 1 atom stereocenters. The van der Waals surface area contributed by atoms with Gasteiger partial charge in [0.1, 0.15) is 0 Å². The molecule has 0 radical (unpaired) electrons. The van der Waals surface area contributed by atoms with Gasteiger partial charge in [0, 0.05) is 18.6 Å². The third-order valence-corrected chi connectivity index (χ3v) is 3.52. The molecule has 0 spiro atoms. The molecule has 0 bridgehead atoms. The SMILES string of the molecule is CC(c1ccc(F)c(F)c1)N(CCC(=O)O)C1CC1. The van der Waals surface area contributed by atoms with Crippen molar-refractivity contribution in [2.75, 3.05) is 6.54 Å². The van der Waals surface area contributed by atoms with Crippen molar-refractivity contribution in [2.24, 2.45) is 0 Å². The molecule has 1 saturated carbocycles. The van der Waals surface area contributed by atoms with Crippen molar-refractivity contribution in [3.63, 3.8) is 0 Å². The van der Waals surface area contributed by atoms with Gasteiger partial charge in [-0.3, -0.25) is 9.69 Å². The maximum absolute atomic E-state index is 13.2. The van der Waals surface area contributed by atoms with Crippen molar-refractivity contribution < 1.29 is 18.7 Å². The fourth-order valence-corrected chi connectivity index (χ4v) is 2.29. The van der Waals surface area contributed by atoms with Gasteiger partial charge in [-0.15, -0.1) is 0 Å². The second kappa shape index (κ2) is 5.65. The van der Waals surface area contributed by atoms with Gasteiger partial charge in [-0.2, -0.15) is 0 Å². The predicted octanol–water partition coefficient (Wildman–Crippen LogP) is 2.96. The predicted molar refractivity (Wildman–Crippen MR) is 66.8 cm³/mol. The lowest BCUT2D eigenvalue weighted by atomic mass is 10.1. The van der Waals surface area contributed by atoms with E-state index in [1.165, 1.54) is 6.07 Å². The molecule has 1 unspecified atom stereocenters. The number of hydrogen-bond acceptors (Lipinski definition) is 2. The minimum atomic E-state index is -0.863. The highest BCUT2D eigenvalue weighted by atomic mass is 19.2. The fourth-order valence-electron chi connectivity index (χ4n) is 2.29. The monoisotopic (exact) mass is 269 g/mol. The van der Waals surface area contributed by atoms with Crippen LogP contribution in [0.4, 0.5) is 8.78 Å². The first-order valence-corrected chi connectivity index (χ1v) is 6.41. The Morgan fingerprint density at radius 3 is 2.63 bits per heavy atom. The molecule has 5 heteroatoms. The Morgan fingerprint density at radius 2 is 2.11 bits per heavy atom. The molecule has 0 amide bonds. The zero-order valence-corrected chi connectivity index (χ0v) is 10.8. The second-order valence-corrected chi connectivity index (χ2v) is 4.96. The Morgan fingerprint density at radius 1 is 1.42 bits per heavy atom. The van der Waals surface area contributed by atoms with E-state index < -0.39 is 17.6 Å². The standard InChI is InChI=1S/C14H17F2NO2/c1-9(10-2-5-12(15)13(16)8-10)17(11-3-4-11)7-6-14(18)19/h2,5,8-9,11H,3-4,6-7H2,1H3,(H,18,19). The molecule has 2 rings (SSSR count). The highest BCUT2D eigenvalue weighted by molar-refractivity contribution is 5.66. The first-order chi connectivity index (χ1) is 8.99. The number of carbonyl (C=O) groups is 1. The average Bonchev–Trinajstić information content (AvgIpc) is 3.16. The van der Waals surface area contributed by atoms with Gasteiger partial charge in [0.2, 0.25) is 0 Å². The van der Waals surface area contributed by atoms with Crippen LogP contribution in [0, 0.1) is 11.6 Å². The Bertz CT molecular complexity index is 475. The van der Waals surface area contributed by atoms with Crippen LogP contribution < -0.4 is 0 Å². The molecule has 1 aliphatic carbocycles. The molecule has 104 valence electrons. The van der Waals surface area contributed by atoms with Gasteiger partial charge in [-0.05, 0) is 37.5 Å². The van der Waals surface area contributed by atoms with Crippen molar-refractivity contribution in [3.8, 4) is 0 Å². The minimum absolute atomic E-state index is 0.0600. The Balaban J connectivity index is 2.11. The molecule has 1 aliphatic rings. The van der Waals surface area contributed by atoms with Gasteiger partial charge < -0.3 is 5.11 Å². The molecule has 0 aromatic heterocycles. The molecular weight excluding hydrogens is 252 g/mol. The maximum Gasteiger partial charge on any atom is 0.304 e. The van der Waals surface area contributed by atoms with Gasteiger partial charge >= 0.3 is 5.97 Å². The first-order valence-electron chi connectivity index (χ1n) is 6.41. The van der Waals surface area contributed by atoms with Gasteiger partial charge in [-0.25, -0.2) is 8.78 Å². The molecule has 19 heavy (non-hydrogen) atoms. The number of nitrogens with zero attached hydrogens (tertiary/aromatic N) is 1. The number of rotatable bonds is 6. The lowest BCUT2D eigenvalue weighted by Gasteiger charge is -2.29. The quantitative estimate of drug-likeness (QED) is 0.863. The third-order valence-electron chi connectivity index (χ3n) is 3.52.